The molecule has 0 radical (unpaired) electrons. The van der Waals surface area contributed by atoms with Crippen LogP contribution in [0.15, 0.2) is 0 Å². The lowest BCUT2D eigenvalue weighted by atomic mass is 10.0. The van der Waals surface area contributed by atoms with Crippen LogP contribution in [0.5, 0.6) is 11.5 Å². The van der Waals surface area contributed by atoms with E-state index in [0.717, 1.165) is 0 Å². The second-order valence-electron chi connectivity index (χ2n) is 3.44. The van der Waals surface area contributed by atoms with Gasteiger partial charge in [-0.25, -0.2) is 9.87 Å². The number of hydrogen-bond donors (Lipinski definition) is 2. The van der Waals surface area contributed by atoms with Crippen LogP contribution in [0.1, 0.15) is 16.7 Å². The van der Waals surface area contributed by atoms with E-state index in [4.69, 9.17) is 14.7 Å². The standard InChI is InChI=1S/C11H16FNO3/c1-6-8(5-13-14)10(15-3)7(2)9(12)11(6)16-4/h13-14H,5H2,1-4H3. The van der Waals surface area contributed by atoms with Gasteiger partial charge in [0.1, 0.15) is 5.75 Å². The van der Waals surface area contributed by atoms with Crippen molar-refractivity contribution in [1.82, 2.24) is 5.48 Å². The molecule has 2 N–H and O–H groups in total. The lowest BCUT2D eigenvalue weighted by Crippen LogP contribution is -2.12. The maximum Gasteiger partial charge on any atom is 0.171 e. The van der Waals surface area contributed by atoms with Crippen LogP contribution in [0.25, 0.3) is 0 Å². The van der Waals surface area contributed by atoms with Crippen molar-refractivity contribution in [2.24, 2.45) is 0 Å². The van der Waals surface area contributed by atoms with Gasteiger partial charge in [-0.15, -0.1) is 0 Å². The largest absolute Gasteiger partial charge is 0.496 e. The molecular formula is C11H16FNO3. The summed E-state index contributed by atoms with van der Waals surface area (Å²) in [7, 11) is 2.88. The van der Waals surface area contributed by atoms with Gasteiger partial charge in [-0.05, 0) is 13.8 Å². The van der Waals surface area contributed by atoms with E-state index in [1.165, 1.54) is 14.2 Å². The Morgan fingerprint density at radius 1 is 1.12 bits per heavy atom. The zero-order chi connectivity index (χ0) is 12.3. The van der Waals surface area contributed by atoms with E-state index in [1.807, 2.05) is 5.48 Å². The number of halogens is 1. The molecule has 0 amide bonds. The first-order valence-electron chi connectivity index (χ1n) is 4.84. The first kappa shape index (κ1) is 12.7. The van der Waals surface area contributed by atoms with E-state index >= 15 is 0 Å². The number of methoxy groups -OCH3 is 2. The third-order valence-corrected chi connectivity index (χ3v) is 2.60. The summed E-state index contributed by atoms with van der Waals surface area (Å²) in [6.45, 7) is 3.50. The molecule has 0 aliphatic rings. The minimum Gasteiger partial charge on any atom is -0.496 e. The van der Waals surface area contributed by atoms with Crippen LogP contribution >= 0.6 is 0 Å². The summed E-state index contributed by atoms with van der Waals surface area (Å²) in [4.78, 5) is 0. The van der Waals surface area contributed by atoms with Gasteiger partial charge < -0.3 is 14.7 Å². The Kier molecular flexibility index (Phi) is 4.09. The maximum atomic E-state index is 13.8. The van der Waals surface area contributed by atoms with Gasteiger partial charge in [0.25, 0.3) is 0 Å². The summed E-state index contributed by atoms with van der Waals surface area (Å²) < 4.78 is 24.0. The zero-order valence-corrected chi connectivity index (χ0v) is 9.85. The van der Waals surface area contributed by atoms with Gasteiger partial charge >= 0.3 is 0 Å². The van der Waals surface area contributed by atoms with Crippen molar-refractivity contribution >= 4 is 0 Å². The number of ether oxygens (including phenoxy) is 2. The highest BCUT2D eigenvalue weighted by Crippen LogP contribution is 2.36. The number of rotatable bonds is 4. The van der Waals surface area contributed by atoms with E-state index in [1.54, 1.807) is 13.8 Å². The highest BCUT2D eigenvalue weighted by Gasteiger charge is 2.20. The SMILES string of the molecule is COc1c(C)c(CNO)c(OC)c(C)c1F. The van der Waals surface area contributed by atoms with Gasteiger partial charge in [0.15, 0.2) is 11.6 Å². The molecule has 16 heavy (non-hydrogen) atoms. The molecule has 90 valence electrons. The van der Waals surface area contributed by atoms with Crippen molar-refractivity contribution in [3.05, 3.63) is 22.5 Å². The molecule has 4 nitrogen and oxygen atoms in total. The molecule has 0 heterocycles. The molecule has 0 aliphatic carbocycles. The highest BCUT2D eigenvalue weighted by molar-refractivity contribution is 5.53. The summed E-state index contributed by atoms with van der Waals surface area (Å²) in [5.41, 5.74) is 3.71. The fraction of sp³-hybridized carbons (Fsp3) is 0.455. The number of hydrogen-bond acceptors (Lipinski definition) is 4. The van der Waals surface area contributed by atoms with E-state index in [9.17, 15) is 4.39 Å². The minimum atomic E-state index is -0.432. The predicted octanol–water partition coefficient (Wildman–Crippen LogP) is 1.94. The van der Waals surface area contributed by atoms with Crippen molar-refractivity contribution in [2.75, 3.05) is 14.2 Å². The molecule has 0 aromatic heterocycles. The van der Waals surface area contributed by atoms with Crippen LogP contribution in [0.3, 0.4) is 0 Å². The summed E-state index contributed by atoms with van der Waals surface area (Å²) >= 11 is 0. The van der Waals surface area contributed by atoms with Crippen molar-refractivity contribution in [1.29, 1.82) is 0 Å². The molecule has 0 saturated heterocycles. The Labute approximate surface area is 93.9 Å². The van der Waals surface area contributed by atoms with Gasteiger partial charge in [0, 0.05) is 23.2 Å². The van der Waals surface area contributed by atoms with Crippen molar-refractivity contribution < 1.29 is 19.1 Å². The maximum absolute atomic E-state index is 13.8. The average molecular weight is 229 g/mol. The van der Waals surface area contributed by atoms with Crippen molar-refractivity contribution in [2.45, 2.75) is 20.4 Å². The number of benzene rings is 1. The lowest BCUT2D eigenvalue weighted by Gasteiger charge is -2.18. The fourth-order valence-corrected chi connectivity index (χ4v) is 1.78. The monoisotopic (exact) mass is 229 g/mol. The van der Waals surface area contributed by atoms with Gasteiger partial charge in [-0.2, -0.15) is 0 Å². The lowest BCUT2D eigenvalue weighted by molar-refractivity contribution is 0.159. The third-order valence-electron chi connectivity index (χ3n) is 2.60. The summed E-state index contributed by atoms with van der Waals surface area (Å²) in [5, 5.41) is 8.75. The topological polar surface area (TPSA) is 50.7 Å². The van der Waals surface area contributed by atoms with Gasteiger partial charge in [0.2, 0.25) is 0 Å². The third kappa shape index (κ3) is 1.96. The van der Waals surface area contributed by atoms with Crippen molar-refractivity contribution in [3.63, 3.8) is 0 Å². The molecule has 0 bridgehead atoms. The summed E-state index contributed by atoms with van der Waals surface area (Å²) in [6, 6.07) is 0. The first-order valence-corrected chi connectivity index (χ1v) is 4.84. The Bertz CT molecular complexity index is 394. The Morgan fingerprint density at radius 2 is 1.69 bits per heavy atom. The quantitative estimate of drug-likeness (QED) is 0.775. The molecule has 1 rings (SSSR count). The molecule has 5 heteroatoms. The predicted molar refractivity (Wildman–Crippen MR) is 57.6 cm³/mol. The second kappa shape index (κ2) is 5.14. The van der Waals surface area contributed by atoms with Crippen LogP contribution < -0.4 is 15.0 Å². The second-order valence-corrected chi connectivity index (χ2v) is 3.44. The number of nitrogens with one attached hydrogen (secondary N) is 1. The van der Waals surface area contributed by atoms with Crippen LogP contribution in [-0.4, -0.2) is 19.4 Å². The van der Waals surface area contributed by atoms with E-state index in [0.29, 0.717) is 22.4 Å². The molecule has 1 aromatic carbocycles. The zero-order valence-electron chi connectivity index (χ0n) is 9.85. The molecule has 0 unspecified atom stereocenters. The normalized spacial score (nSPS) is 10.4. The summed E-state index contributed by atoms with van der Waals surface area (Å²) in [5.74, 6) is 0.180. The smallest absolute Gasteiger partial charge is 0.171 e. The van der Waals surface area contributed by atoms with Crippen LogP contribution in [0, 0.1) is 19.7 Å². The van der Waals surface area contributed by atoms with Crippen LogP contribution in [0.4, 0.5) is 4.39 Å². The van der Waals surface area contributed by atoms with Gasteiger partial charge in [0.05, 0.1) is 14.2 Å². The van der Waals surface area contributed by atoms with E-state index < -0.39 is 5.82 Å². The highest BCUT2D eigenvalue weighted by atomic mass is 19.1. The molecule has 0 fully saturated rings. The van der Waals surface area contributed by atoms with Crippen molar-refractivity contribution in [3.8, 4) is 11.5 Å². The van der Waals surface area contributed by atoms with Crippen LogP contribution in [-0.2, 0) is 6.54 Å². The molecule has 0 atom stereocenters. The molecular weight excluding hydrogens is 213 g/mol. The molecule has 0 saturated carbocycles. The molecule has 0 aliphatic heterocycles. The summed E-state index contributed by atoms with van der Waals surface area (Å²) in [6.07, 6.45) is 0. The van der Waals surface area contributed by atoms with Crippen LogP contribution in [0.2, 0.25) is 0 Å². The fourth-order valence-electron chi connectivity index (χ4n) is 1.78. The minimum absolute atomic E-state index is 0.173. The van der Waals surface area contributed by atoms with E-state index in [2.05, 4.69) is 0 Å². The Hall–Kier alpha value is -1.33. The van der Waals surface area contributed by atoms with Gasteiger partial charge in [-0.3, -0.25) is 0 Å². The van der Waals surface area contributed by atoms with E-state index in [-0.39, 0.29) is 12.3 Å². The Morgan fingerprint density at radius 3 is 2.12 bits per heavy atom. The number of hydroxylamine groups is 1. The molecule has 0 spiro atoms. The average Bonchev–Trinajstić information content (AvgIpc) is 2.27. The van der Waals surface area contributed by atoms with Gasteiger partial charge in [-0.1, -0.05) is 0 Å². The molecule has 1 aromatic rings. The Balaban J connectivity index is 3.50. The first-order chi connectivity index (χ1) is 7.58.